The standard InChI is InChI=1S/Al.BH2.Bi.H3Si.4H/h;1H2;;1H3;;;;/q-1;+1;;;;;;. The van der Waals surface area contributed by atoms with Gasteiger partial charge >= 0.3 is 26.2 Å². The predicted molar refractivity (Wildman–Crippen MR) is 35.6 cm³/mol. The molecule has 0 rings (SSSR count). The molecule has 0 aromatic carbocycles. The SMILES string of the molecule is [BH2][AlH][SiH3].[BiH3]. The molecule has 0 N–H and O–H groups in total. The molecule has 0 aliphatic rings. The molecule has 0 aromatic heterocycles. The molecule has 0 unspecified atom stereocenters. The fourth-order valence-electron chi connectivity index (χ4n) is 0. The first-order valence-electron chi connectivity index (χ1n) is 1.41. The van der Waals surface area contributed by atoms with Crippen molar-refractivity contribution in [3.8, 4) is 0 Å². The van der Waals surface area contributed by atoms with Gasteiger partial charge in [-0.05, 0) is 0 Å². The van der Waals surface area contributed by atoms with Gasteiger partial charge in [-0.15, -0.1) is 0 Å². The van der Waals surface area contributed by atoms with Crippen molar-refractivity contribution in [3.63, 3.8) is 0 Å². The molecule has 0 heterocycles. The molecule has 0 saturated carbocycles. The van der Waals surface area contributed by atoms with Crippen LogP contribution in [0.1, 0.15) is 0 Å². The second-order valence-corrected chi connectivity index (χ2v) is 6.36. The molecule has 0 atom stereocenters. The van der Waals surface area contributed by atoms with Gasteiger partial charge in [0.15, 0.2) is 14.4 Å². The van der Waals surface area contributed by atoms with Crippen LogP contribution in [0.2, 0.25) is 0 Å². The molecule has 0 aliphatic heterocycles. The van der Waals surface area contributed by atoms with Crippen LogP contribution in [0.3, 0.4) is 0 Å². The Kier molecular flexibility index (Phi) is 20.3. The molecule has 0 nitrogen and oxygen atoms in total. The normalized spacial score (nSPS) is 4.00. The van der Waals surface area contributed by atoms with E-state index in [0.29, 0.717) is 14.4 Å². The summed E-state index contributed by atoms with van der Waals surface area (Å²) < 4.78 is 0. The zero-order valence-corrected chi connectivity index (χ0v) is 12.3. The van der Waals surface area contributed by atoms with Crippen LogP contribution in [-0.2, 0) is 0 Å². The van der Waals surface area contributed by atoms with Crippen molar-refractivity contribution >= 4 is 56.0 Å². The van der Waals surface area contributed by atoms with Gasteiger partial charge in [-0.25, -0.2) is 0 Å². The maximum absolute atomic E-state index is 2.33. The van der Waals surface area contributed by atoms with Crippen LogP contribution in [-0.4, -0.2) is 56.0 Å². The Morgan fingerprint density at radius 3 is 1.75 bits per heavy atom. The van der Waals surface area contributed by atoms with E-state index in [-0.39, 0.29) is 26.2 Å². The molecular formula is H9AlBBiSi. The number of rotatable bonds is 0. The molecule has 24 valence electrons. The molecule has 0 bridgehead atoms. The van der Waals surface area contributed by atoms with E-state index < -0.39 is 0 Å². The average molecular weight is 284 g/mol. The van der Waals surface area contributed by atoms with Crippen molar-refractivity contribution in [2.45, 2.75) is 0 Å². The summed E-state index contributed by atoms with van der Waals surface area (Å²) in [5.41, 5.74) is 0. The van der Waals surface area contributed by atoms with Crippen LogP contribution in [0.4, 0.5) is 0 Å². The van der Waals surface area contributed by atoms with Crippen molar-refractivity contribution in [2.24, 2.45) is 0 Å². The Labute approximate surface area is 55.7 Å². The van der Waals surface area contributed by atoms with E-state index >= 15 is 0 Å². The summed E-state index contributed by atoms with van der Waals surface area (Å²) in [5, 5.41) is 0. The van der Waals surface area contributed by atoms with Crippen molar-refractivity contribution in [1.29, 1.82) is 0 Å². The Morgan fingerprint density at radius 2 is 1.75 bits per heavy atom. The van der Waals surface area contributed by atoms with Gasteiger partial charge < -0.3 is 0 Å². The minimum absolute atomic E-state index is 0. The van der Waals surface area contributed by atoms with Crippen LogP contribution < -0.4 is 0 Å². The molecular weight excluding hydrogens is 275 g/mol. The van der Waals surface area contributed by atoms with Crippen LogP contribution >= 0.6 is 0 Å². The molecule has 0 amide bonds. The molecule has 0 spiro atoms. The summed E-state index contributed by atoms with van der Waals surface area (Å²) in [6, 6.07) is 0. The summed E-state index contributed by atoms with van der Waals surface area (Å²) in [4.78, 5) is 0. The van der Waals surface area contributed by atoms with E-state index in [4.69, 9.17) is 0 Å². The fourth-order valence-corrected chi connectivity index (χ4v) is 0. The molecule has 0 aliphatic carbocycles. The molecule has 0 fully saturated rings. The van der Waals surface area contributed by atoms with Gasteiger partial charge in [-0.1, -0.05) is 8.80 Å². The van der Waals surface area contributed by atoms with Crippen LogP contribution in [0.5, 0.6) is 0 Å². The monoisotopic (exact) mass is 284 g/mol. The first-order valence-corrected chi connectivity index (χ1v) is 8.49. The number of hydrogen-bond acceptors (Lipinski definition) is 0. The van der Waals surface area contributed by atoms with Crippen LogP contribution in [0.15, 0.2) is 0 Å². The third-order valence-corrected chi connectivity index (χ3v) is 0. The van der Waals surface area contributed by atoms with Gasteiger partial charge in [0.2, 0.25) is 0 Å². The average Bonchev–Trinajstić information content (AvgIpc) is 0.918. The summed E-state index contributed by atoms with van der Waals surface area (Å²) >= 11 is 0.556. The van der Waals surface area contributed by atoms with Gasteiger partial charge in [0, 0.05) is 6.62 Å². The third-order valence-electron chi connectivity index (χ3n) is 0. The zero-order chi connectivity index (χ0) is 2.71. The fraction of sp³-hybridized carbons (Fsp3) is 0. The van der Waals surface area contributed by atoms with E-state index in [1.54, 1.807) is 0 Å². The zero-order valence-electron chi connectivity index (χ0n) is 3.41. The third kappa shape index (κ3) is 9.34. The van der Waals surface area contributed by atoms with Gasteiger partial charge in [-0.3, -0.25) is 0 Å². The van der Waals surface area contributed by atoms with Crippen molar-refractivity contribution in [1.82, 2.24) is 0 Å². The first-order chi connectivity index (χ1) is 1.41. The summed E-state index contributed by atoms with van der Waals surface area (Å²) in [5.74, 6) is 0. The first kappa shape index (κ1) is 9.20. The second-order valence-electron chi connectivity index (χ2n) is 0.707. The topological polar surface area (TPSA) is 0 Å². The molecule has 0 aromatic rings. The van der Waals surface area contributed by atoms with Crippen LogP contribution in [0, 0.1) is 0 Å². The number of hydrogen-bond donors (Lipinski definition) is 0. The Bertz CT molecular complexity index is 8.00. The molecule has 0 radical (unpaired) electrons. The summed E-state index contributed by atoms with van der Waals surface area (Å²) in [6.07, 6.45) is 0. The van der Waals surface area contributed by atoms with E-state index in [1.165, 1.54) is 8.80 Å². The summed E-state index contributed by atoms with van der Waals surface area (Å²) in [7, 11) is 1.51. The predicted octanol–water partition coefficient (Wildman–Crippen LogP) is -3.93. The van der Waals surface area contributed by atoms with Gasteiger partial charge in [-0.2, -0.15) is 0 Å². The molecule has 0 saturated heterocycles. The maximum atomic E-state index is 2.33. The minimum atomic E-state index is 0. The second kappa shape index (κ2) is 8.83. The van der Waals surface area contributed by atoms with Gasteiger partial charge in [0.1, 0.15) is 0 Å². The van der Waals surface area contributed by atoms with Crippen LogP contribution in [0.25, 0.3) is 0 Å². The summed E-state index contributed by atoms with van der Waals surface area (Å²) in [6.45, 7) is 2.33. The Morgan fingerprint density at radius 1 is 1.75 bits per heavy atom. The van der Waals surface area contributed by atoms with E-state index in [0.717, 1.165) is 0 Å². The quantitative estimate of drug-likeness (QED) is 0.399. The van der Waals surface area contributed by atoms with E-state index in [2.05, 4.69) is 6.62 Å². The Hall–Kier alpha value is 1.70. The van der Waals surface area contributed by atoms with E-state index in [1.807, 2.05) is 0 Å². The van der Waals surface area contributed by atoms with Gasteiger partial charge in [0.25, 0.3) is 0 Å². The van der Waals surface area contributed by atoms with Crippen molar-refractivity contribution in [2.75, 3.05) is 0 Å². The van der Waals surface area contributed by atoms with E-state index in [9.17, 15) is 0 Å². The Balaban J connectivity index is 0. The van der Waals surface area contributed by atoms with Crippen molar-refractivity contribution < 1.29 is 0 Å². The molecule has 4 heteroatoms. The van der Waals surface area contributed by atoms with Crippen molar-refractivity contribution in [3.05, 3.63) is 0 Å². The molecule has 4 heavy (non-hydrogen) atoms. The van der Waals surface area contributed by atoms with Gasteiger partial charge in [0.05, 0.1) is 0 Å².